The van der Waals surface area contributed by atoms with Crippen molar-refractivity contribution in [2.75, 3.05) is 20.3 Å². The van der Waals surface area contributed by atoms with E-state index in [-0.39, 0.29) is 22.8 Å². The number of nitrogens with zero attached hydrogens (tertiary/aromatic N) is 2. The molecule has 12 heteroatoms. The number of halogens is 1. The minimum Gasteiger partial charge on any atom is -0.490 e. The number of nitrogens with one attached hydrogen (secondary N) is 1. The van der Waals surface area contributed by atoms with E-state index in [4.69, 9.17) is 14.2 Å². The van der Waals surface area contributed by atoms with Crippen LogP contribution in [-0.4, -0.2) is 55.7 Å². The van der Waals surface area contributed by atoms with E-state index in [1.54, 1.807) is 26.0 Å². The standard InChI is InChI=1S/C20H22BrN3O7S/c1-5-29-14-6-12(13(21)7-15(14)30-10-18(26)31-11(2)3)9-22-24-20-23-19(27)16(32-20)8-17(25)28-4/h6-9,11H,5,10H2,1-4H3,(H,23,24,27)/b16-8+,22-9?. The molecule has 0 unspecified atom stereocenters. The molecule has 1 fully saturated rings. The van der Waals surface area contributed by atoms with Crippen LogP contribution >= 0.6 is 27.7 Å². The number of benzene rings is 1. The van der Waals surface area contributed by atoms with E-state index in [9.17, 15) is 14.4 Å². The maximum absolute atomic E-state index is 11.8. The van der Waals surface area contributed by atoms with Crippen LogP contribution in [0, 0.1) is 0 Å². The molecule has 1 heterocycles. The van der Waals surface area contributed by atoms with Gasteiger partial charge in [0.25, 0.3) is 5.91 Å². The van der Waals surface area contributed by atoms with Crippen LogP contribution in [0.25, 0.3) is 0 Å². The number of esters is 2. The Morgan fingerprint density at radius 2 is 1.97 bits per heavy atom. The van der Waals surface area contributed by atoms with E-state index in [2.05, 4.69) is 36.2 Å². The van der Waals surface area contributed by atoms with Crippen LogP contribution < -0.4 is 14.8 Å². The number of carbonyl (C=O) groups is 3. The first-order chi connectivity index (χ1) is 15.2. The average molecular weight is 528 g/mol. The molecule has 10 nitrogen and oxygen atoms in total. The highest BCUT2D eigenvalue weighted by Gasteiger charge is 2.25. The molecule has 172 valence electrons. The van der Waals surface area contributed by atoms with Gasteiger partial charge >= 0.3 is 11.9 Å². The molecule has 1 aliphatic rings. The average Bonchev–Trinajstić information content (AvgIpc) is 3.07. The minimum absolute atomic E-state index is 0.156. The Kier molecular flexibility index (Phi) is 9.72. The van der Waals surface area contributed by atoms with Gasteiger partial charge in [0.1, 0.15) is 0 Å². The van der Waals surface area contributed by atoms with Gasteiger partial charge in [0, 0.05) is 16.1 Å². The summed E-state index contributed by atoms with van der Waals surface area (Å²) in [6.07, 6.45) is 2.29. The smallest absolute Gasteiger partial charge is 0.344 e. The number of amides is 1. The van der Waals surface area contributed by atoms with E-state index in [0.717, 1.165) is 17.8 Å². The van der Waals surface area contributed by atoms with Gasteiger partial charge < -0.3 is 18.9 Å². The maximum atomic E-state index is 11.8. The number of hydrogen-bond donors (Lipinski definition) is 1. The van der Waals surface area contributed by atoms with Crippen molar-refractivity contribution in [2.45, 2.75) is 26.9 Å². The zero-order chi connectivity index (χ0) is 23.7. The van der Waals surface area contributed by atoms with Crippen LogP contribution in [0.5, 0.6) is 11.5 Å². The van der Waals surface area contributed by atoms with Crippen LogP contribution in [0.2, 0.25) is 0 Å². The Labute approximate surface area is 197 Å². The van der Waals surface area contributed by atoms with Crippen molar-refractivity contribution in [1.82, 2.24) is 5.32 Å². The number of carbonyl (C=O) groups excluding carboxylic acids is 3. The number of ether oxygens (including phenoxy) is 4. The molecule has 0 aromatic heterocycles. The molecule has 0 spiro atoms. The van der Waals surface area contributed by atoms with Gasteiger partial charge in [-0.05, 0) is 60.6 Å². The van der Waals surface area contributed by atoms with E-state index < -0.39 is 17.8 Å². The van der Waals surface area contributed by atoms with Crippen molar-refractivity contribution in [3.8, 4) is 11.5 Å². The third kappa shape index (κ3) is 7.68. The predicted octanol–water partition coefficient (Wildman–Crippen LogP) is 2.79. The summed E-state index contributed by atoms with van der Waals surface area (Å²) in [4.78, 5) is 35.0. The van der Waals surface area contributed by atoms with Gasteiger partial charge in [-0.2, -0.15) is 5.10 Å². The molecular weight excluding hydrogens is 506 g/mol. The molecular formula is C20H22BrN3O7S. The van der Waals surface area contributed by atoms with Crippen molar-refractivity contribution in [1.29, 1.82) is 0 Å². The quantitative estimate of drug-likeness (QED) is 0.225. The molecule has 0 saturated carbocycles. The second kappa shape index (κ2) is 12.2. The summed E-state index contributed by atoms with van der Waals surface area (Å²) in [5.41, 5.74) is 0.620. The predicted molar refractivity (Wildman–Crippen MR) is 123 cm³/mol. The first kappa shape index (κ1) is 25.4. The fourth-order valence-electron chi connectivity index (χ4n) is 2.25. The van der Waals surface area contributed by atoms with Gasteiger partial charge in [0.15, 0.2) is 23.3 Å². The Bertz CT molecular complexity index is 976. The van der Waals surface area contributed by atoms with Crippen LogP contribution in [0.15, 0.2) is 37.8 Å². The molecule has 1 N–H and O–H groups in total. The molecule has 1 aromatic rings. The largest absolute Gasteiger partial charge is 0.490 e. The monoisotopic (exact) mass is 527 g/mol. The number of methoxy groups -OCH3 is 1. The Balaban J connectivity index is 2.14. The highest BCUT2D eigenvalue weighted by Crippen LogP contribution is 2.33. The lowest BCUT2D eigenvalue weighted by molar-refractivity contribution is -0.149. The Morgan fingerprint density at radius 3 is 2.62 bits per heavy atom. The van der Waals surface area contributed by atoms with Crippen LogP contribution in [0.4, 0.5) is 0 Å². The molecule has 1 aromatic carbocycles. The molecule has 0 radical (unpaired) electrons. The number of thioether (sulfide) groups is 1. The normalized spacial score (nSPS) is 16.0. The molecule has 32 heavy (non-hydrogen) atoms. The Hall–Kier alpha value is -2.86. The number of amidine groups is 1. The maximum Gasteiger partial charge on any atom is 0.344 e. The number of hydrogen-bond acceptors (Lipinski definition) is 10. The zero-order valence-electron chi connectivity index (χ0n) is 17.8. The van der Waals surface area contributed by atoms with Gasteiger partial charge in [-0.3, -0.25) is 10.1 Å². The van der Waals surface area contributed by atoms with Crippen molar-refractivity contribution in [2.24, 2.45) is 10.2 Å². The summed E-state index contributed by atoms with van der Waals surface area (Å²) in [7, 11) is 1.22. The third-order valence-corrected chi connectivity index (χ3v) is 5.11. The van der Waals surface area contributed by atoms with Crippen LogP contribution in [0.1, 0.15) is 26.3 Å². The fraction of sp³-hybridized carbons (Fsp3) is 0.350. The molecule has 0 bridgehead atoms. The highest BCUT2D eigenvalue weighted by atomic mass is 79.9. The molecule has 1 aliphatic heterocycles. The fourth-order valence-corrected chi connectivity index (χ4v) is 3.41. The van der Waals surface area contributed by atoms with E-state index >= 15 is 0 Å². The van der Waals surface area contributed by atoms with Gasteiger partial charge in [-0.1, -0.05) is 0 Å². The van der Waals surface area contributed by atoms with E-state index in [1.165, 1.54) is 13.3 Å². The lowest BCUT2D eigenvalue weighted by Crippen LogP contribution is -2.19. The van der Waals surface area contributed by atoms with Crippen molar-refractivity contribution < 1.29 is 33.3 Å². The van der Waals surface area contributed by atoms with Crippen molar-refractivity contribution >= 4 is 56.9 Å². The number of rotatable bonds is 9. The summed E-state index contributed by atoms with van der Waals surface area (Å²) < 4.78 is 21.3. The molecule has 2 rings (SSSR count). The second-order valence-electron chi connectivity index (χ2n) is 6.32. The van der Waals surface area contributed by atoms with Crippen molar-refractivity contribution in [3.63, 3.8) is 0 Å². The first-order valence-electron chi connectivity index (χ1n) is 9.42. The van der Waals surface area contributed by atoms with Gasteiger partial charge in [-0.15, -0.1) is 5.10 Å². The minimum atomic E-state index is -0.639. The Morgan fingerprint density at radius 1 is 1.25 bits per heavy atom. The lowest BCUT2D eigenvalue weighted by Gasteiger charge is -2.14. The van der Waals surface area contributed by atoms with Crippen LogP contribution in [-0.2, 0) is 23.9 Å². The molecule has 0 atom stereocenters. The summed E-state index contributed by atoms with van der Waals surface area (Å²) >= 11 is 4.39. The highest BCUT2D eigenvalue weighted by molar-refractivity contribution is 9.10. The first-order valence-corrected chi connectivity index (χ1v) is 11.0. The lowest BCUT2D eigenvalue weighted by atomic mass is 10.2. The summed E-state index contributed by atoms with van der Waals surface area (Å²) in [5, 5.41) is 10.6. The molecule has 1 saturated heterocycles. The molecule has 1 amide bonds. The topological polar surface area (TPSA) is 125 Å². The van der Waals surface area contributed by atoms with E-state index in [0.29, 0.717) is 28.1 Å². The summed E-state index contributed by atoms with van der Waals surface area (Å²) in [5.74, 6) is -0.823. The summed E-state index contributed by atoms with van der Waals surface area (Å²) in [6, 6.07) is 3.31. The van der Waals surface area contributed by atoms with Crippen LogP contribution in [0.3, 0.4) is 0 Å². The van der Waals surface area contributed by atoms with E-state index in [1.807, 2.05) is 6.92 Å². The van der Waals surface area contributed by atoms with Gasteiger partial charge in [0.05, 0.1) is 30.9 Å². The SMILES string of the molecule is CCOc1cc(C=N/N=C2/NC(=O)/C(=C\C(=O)OC)S2)c(Br)cc1OCC(=O)OC(C)C. The third-order valence-electron chi connectivity index (χ3n) is 3.52. The van der Waals surface area contributed by atoms with Crippen molar-refractivity contribution in [3.05, 3.63) is 33.2 Å². The second-order valence-corrected chi connectivity index (χ2v) is 8.20. The van der Waals surface area contributed by atoms with Gasteiger partial charge in [0.2, 0.25) is 0 Å². The summed E-state index contributed by atoms with van der Waals surface area (Å²) in [6.45, 7) is 5.44. The molecule has 0 aliphatic carbocycles. The van der Waals surface area contributed by atoms with Gasteiger partial charge in [-0.25, -0.2) is 9.59 Å². The zero-order valence-corrected chi connectivity index (χ0v) is 20.2.